The van der Waals surface area contributed by atoms with Gasteiger partial charge in [-0.3, -0.25) is 14.5 Å². The lowest BCUT2D eigenvalue weighted by molar-refractivity contribution is -0.136. The average molecular weight is 245 g/mol. The first-order chi connectivity index (χ1) is 8.59. The van der Waals surface area contributed by atoms with Gasteiger partial charge in [-0.1, -0.05) is 0 Å². The number of aliphatic carboxylic acids is 1. The fourth-order valence-electron chi connectivity index (χ4n) is 2.06. The van der Waals surface area contributed by atoms with Crippen LogP contribution in [0.15, 0.2) is 24.5 Å². The molecule has 0 fully saturated rings. The molecule has 2 aromatic heterocycles. The number of hydrogen-bond donors (Lipinski definition) is 1. The van der Waals surface area contributed by atoms with Crippen molar-refractivity contribution in [3.63, 3.8) is 0 Å². The molecular weight excluding hydrogens is 230 g/mol. The van der Waals surface area contributed by atoms with Crippen molar-refractivity contribution in [1.29, 1.82) is 0 Å². The Labute approximate surface area is 105 Å². The van der Waals surface area contributed by atoms with Crippen molar-refractivity contribution >= 4 is 5.97 Å². The quantitative estimate of drug-likeness (QED) is 0.892. The van der Waals surface area contributed by atoms with Crippen LogP contribution in [0, 0.1) is 6.92 Å². The van der Waals surface area contributed by atoms with E-state index in [1.807, 2.05) is 26.1 Å². The molecule has 0 saturated heterocycles. The molecule has 2 rings (SSSR count). The van der Waals surface area contributed by atoms with Crippen molar-refractivity contribution in [1.82, 2.24) is 14.8 Å². The average Bonchev–Trinajstić information content (AvgIpc) is 2.63. The molecule has 0 radical (unpaired) electrons. The predicted molar refractivity (Wildman–Crippen MR) is 67.1 cm³/mol. The second-order valence-electron chi connectivity index (χ2n) is 4.17. The first-order valence-corrected chi connectivity index (χ1v) is 5.74. The standard InChI is InChI=1S/C13H15N3O2/c1-9-11(3-4-12(17)18)15-16(2)13(9)10-5-7-14-8-6-10/h5-8H,3-4H2,1-2H3,(H,17,18). The Morgan fingerprint density at radius 2 is 2.06 bits per heavy atom. The Bertz CT molecular complexity index is 561. The summed E-state index contributed by atoms with van der Waals surface area (Å²) < 4.78 is 1.79. The molecule has 94 valence electrons. The minimum Gasteiger partial charge on any atom is -0.481 e. The molecule has 0 aliphatic carbocycles. The van der Waals surface area contributed by atoms with Gasteiger partial charge in [0.1, 0.15) is 0 Å². The second-order valence-corrected chi connectivity index (χ2v) is 4.17. The van der Waals surface area contributed by atoms with Gasteiger partial charge in [-0.15, -0.1) is 0 Å². The molecule has 0 spiro atoms. The van der Waals surface area contributed by atoms with Gasteiger partial charge in [-0.05, 0) is 24.6 Å². The van der Waals surface area contributed by atoms with Gasteiger partial charge in [0.05, 0.1) is 17.8 Å². The highest BCUT2D eigenvalue weighted by Crippen LogP contribution is 2.25. The number of nitrogens with zero attached hydrogens (tertiary/aromatic N) is 3. The highest BCUT2D eigenvalue weighted by atomic mass is 16.4. The van der Waals surface area contributed by atoms with Crippen molar-refractivity contribution in [3.8, 4) is 11.3 Å². The molecule has 5 nitrogen and oxygen atoms in total. The third kappa shape index (κ3) is 2.40. The van der Waals surface area contributed by atoms with Crippen LogP contribution in [-0.4, -0.2) is 25.8 Å². The SMILES string of the molecule is Cc1c(CCC(=O)O)nn(C)c1-c1ccncc1. The number of carbonyl (C=O) groups is 1. The maximum atomic E-state index is 10.6. The molecule has 0 unspecified atom stereocenters. The van der Waals surface area contributed by atoms with E-state index in [9.17, 15) is 4.79 Å². The zero-order valence-corrected chi connectivity index (χ0v) is 10.4. The van der Waals surface area contributed by atoms with Gasteiger partial charge in [-0.25, -0.2) is 0 Å². The summed E-state index contributed by atoms with van der Waals surface area (Å²) in [6.45, 7) is 1.97. The van der Waals surface area contributed by atoms with Gasteiger partial charge in [0.25, 0.3) is 0 Å². The van der Waals surface area contributed by atoms with Crippen LogP contribution in [0.25, 0.3) is 11.3 Å². The van der Waals surface area contributed by atoms with Gasteiger partial charge in [-0.2, -0.15) is 5.10 Å². The van der Waals surface area contributed by atoms with Crippen LogP contribution in [0.5, 0.6) is 0 Å². The van der Waals surface area contributed by atoms with E-state index in [0.717, 1.165) is 22.5 Å². The van der Waals surface area contributed by atoms with E-state index < -0.39 is 5.97 Å². The lowest BCUT2D eigenvalue weighted by Gasteiger charge is -2.02. The van der Waals surface area contributed by atoms with E-state index >= 15 is 0 Å². The molecule has 0 bridgehead atoms. The summed E-state index contributed by atoms with van der Waals surface area (Å²) in [5, 5.41) is 13.1. The summed E-state index contributed by atoms with van der Waals surface area (Å²) in [4.78, 5) is 14.6. The molecule has 0 saturated carbocycles. The Balaban J connectivity index is 2.35. The fourth-order valence-corrected chi connectivity index (χ4v) is 2.06. The van der Waals surface area contributed by atoms with Gasteiger partial charge < -0.3 is 5.11 Å². The maximum absolute atomic E-state index is 10.6. The van der Waals surface area contributed by atoms with E-state index in [-0.39, 0.29) is 6.42 Å². The summed E-state index contributed by atoms with van der Waals surface area (Å²) in [5.41, 5.74) is 3.92. The Morgan fingerprint density at radius 1 is 1.39 bits per heavy atom. The van der Waals surface area contributed by atoms with Gasteiger partial charge in [0, 0.05) is 31.4 Å². The van der Waals surface area contributed by atoms with Crippen LogP contribution in [0.3, 0.4) is 0 Å². The smallest absolute Gasteiger partial charge is 0.303 e. The molecule has 0 aliphatic rings. The van der Waals surface area contributed by atoms with Gasteiger partial charge in [0.15, 0.2) is 0 Å². The molecule has 1 N–H and O–H groups in total. The van der Waals surface area contributed by atoms with Gasteiger partial charge in [0.2, 0.25) is 0 Å². The summed E-state index contributed by atoms with van der Waals surface area (Å²) in [5.74, 6) is -0.800. The summed E-state index contributed by atoms with van der Waals surface area (Å²) >= 11 is 0. The highest BCUT2D eigenvalue weighted by Gasteiger charge is 2.14. The molecule has 5 heteroatoms. The number of aryl methyl sites for hydroxylation is 2. The molecule has 2 heterocycles. The lowest BCUT2D eigenvalue weighted by atomic mass is 10.1. The van der Waals surface area contributed by atoms with E-state index in [4.69, 9.17) is 5.11 Å². The van der Waals surface area contributed by atoms with Crippen molar-refractivity contribution in [2.75, 3.05) is 0 Å². The molecule has 0 aromatic carbocycles. The summed E-state index contributed by atoms with van der Waals surface area (Å²) in [7, 11) is 1.87. The van der Waals surface area contributed by atoms with Crippen molar-refractivity contribution in [2.45, 2.75) is 19.8 Å². The number of carboxylic acid groups (broad SMARTS) is 1. The minimum absolute atomic E-state index is 0.105. The van der Waals surface area contributed by atoms with E-state index in [0.29, 0.717) is 6.42 Å². The normalized spacial score (nSPS) is 10.6. The molecule has 2 aromatic rings. The third-order valence-electron chi connectivity index (χ3n) is 2.91. The Kier molecular flexibility index (Phi) is 3.41. The zero-order valence-electron chi connectivity index (χ0n) is 10.4. The van der Waals surface area contributed by atoms with E-state index in [2.05, 4.69) is 10.1 Å². The van der Waals surface area contributed by atoms with Crippen LogP contribution < -0.4 is 0 Å². The van der Waals surface area contributed by atoms with Gasteiger partial charge >= 0.3 is 5.97 Å². The fraction of sp³-hybridized carbons (Fsp3) is 0.308. The van der Waals surface area contributed by atoms with Crippen LogP contribution in [0.1, 0.15) is 17.7 Å². The predicted octanol–water partition coefficient (Wildman–Crippen LogP) is 1.81. The Hall–Kier alpha value is -2.17. The van der Waals surface area contributed by atoms with E-state index in [1.54, 1.807) is 17.1 Å². The zero-order chi connectivity index (χ0) is 13.1. The molecule has 18 heavy (non-hydrogen) atoms. The first kappa shape index (κ1) is 12.3. The van der Waals surface area contributed by atoms with Crippen LogP contribution in [0.4, 0.5) is 0 Å². The molecule has 0 aliphatic heterocycles. The minimum atomic E-state index is -0.800. The Morgan fingerprint density at radius 3 is 2.67 bits per heavy atom. The maximum Gasteiger partial charge on any atom is 0.303 e. The van der Waals surface area contributed by atoms with Crippen LogP contribution in [-0.2, 0) is 18.3 Å². The topological polar surface area (TPSA) is 68.0 Å². The van der Waals surface area contributed by atoms with Crippen molar-refractivity contribution in [3.05, 3.63) is 35.8 Å². The third-order valence-corrected chi connectivity index (χ3v) is 2.91. The van der Waals surface area contributed by atoms with E-state index in [1.165, 1.54) is 0 Å². The van der Waals surface area contributed by atoms with Crippen molar-refractivity contribution < 1.29 is 9.90 Å². The number of aromatic nitrogens is 3. The number of rotatable bonds is 4. The number of pyridine rings is 1. The number of carboxylic acids is 1. The second kappa shape index (κ2) is 5.00. The first-order valence-electron chi connectivity index (χ1n) is 5.74. The lowest BCUT2D eigenvalue weighted by Crippen LogP contribution is -1.99. The van der Waals surface area contributed by atoms with Crippen LogP contribution >= 0.6 is 0 Å². The molecule has 0 atom stereocenters. The van der Waals surface area contributed by atoms with Crippen molar-refractivity contribution in [2.24, 2.45) is 7.05 Å². The summed E-state index contributed by atoms with van der Waals surface area (Å²) in [6.07, 6.45) is 4.03. The van der Waals surface area contributed by atoms with Crippen LogP contribution in [0.2, 0.25) is 0 Å². The molecule has 0 amide bonds. The highest BCUT2D eigenvalue weighted by molar-refractivity contribution is 5.68. The number of hydrogen-bond acceptors (Lipinski definition) is 3. The largest absolute Gasteiger partial charge is 0.481 e. The summed E-state index contributed by atoms with van der Waals surface area (Å²) in [6, 6.07) is 3.84. The monoisotopic (exact) mass is 245 g/mol. The molecular formula is C13H15N3O2.